The summed E-state index contributed by atoms with van der Waals surface area (Å²) in [6, 6.07) is 0. The van der Waals surface area contributed by atoms with Crippen molar-refractivity contribution in [1.82, 2.24) is 0 Å². The Hall–Kier alpha value is -0.0400. The van der Waals surface area contributed by atoms with E-state index in [0.717, 1.165) is 0 Å². The van der Waals surface area contributed by atoms with Crippen molar-refractivity contribution in [1.29, 1.82) is 0 Å². The van der Waals surface area contributed by atoms with Crippen molar-refractivity contribution in [2.45, 2.75) is 72.3 Å². The topological polar surface area (TPSA) is 26.0 Å². The second-order valence-corrected chi connectivity index (χ2v) is 7.26. The molecule has 1 atom stereocenters. The van der Waals surface area contributed by atoms with Crippen LogP contribution in [-0.4, -0.2) is 5.54 Å². The van der Waals surface area contributed by atoms with Crippen molar-refractivity contribution in [3.8, 4) is 0 Å². The van der Waals surface area contributed by atoms with E-state index in [0.29, 0.717) is 10.8 Å². The molecule has 0 aromatic heterocycles. The molecular formula is C13H27N. The molecule has 0 amide bonds. The van der Waals surface area contributed by atoms with E-state index in [1.165, 1.54) is 32.1 Å². The van der Waals surface area contributed by atoms with Gasteiger partial charge in [0.2, 0.25) is 0 Å². The van der Waals surface area contributed by atoms with E-state index >= 15 is 0 Å². The largest absolute Gasteiger partial charge is 0.325 e. The zero-order chi connectivity index (χ0) is 11.0. The lowest BCUT2D eigenvalue weighted by Gasteiger charge is -2.30. The Morgan fingerprint density at radius 1 is 1.14 bits per heavy atom. The lowest BCUT2D eigenvalue weighted by Crippen LogP contribution is -2.38. The van der Waals surface area contributed by atoms with Crippen molar-refractivity contribution in [3.63, 3.8) is 0 Å². The molecule has 1 aliphatic rings. The summed E-state index contributed by atoms with van der Waals surface area (Å²) in [6.45, 7) is 11.6. The van der Waals surface area contributed by atoms with Gasteiger partial charge in [-0.25, -0.2) is 0 Å². The molecule has 84 valence electrons. The van der Waals surface area contributed by atoms with Gasteiger partial charge in [-0.1, -0.05) is 34.6 Å². The Labute approximate surface area is 89.5 Å². The highest BCUT2D eigenvalue weighted by Gasteiger charge is 2.40. The predicted octanol–water partition coefficient (Wildman–Crippen LogP) is 3.72. The minimum absolute atomic E-state index is 0.136. The highest BCUT2D eigenvalue weighted by Crippen LogP contribution is 2.45. The Morgan fingerprint density at radius 2 is 1.71 bits per heavy atom. The van der Waals surface area contributed by atoms with Crippen LogP contribution in [0.4, 0.5) is 0 Å². The zero-order valence-corrected chi connectivity index (χ0v) is 10.6. The summed E-state index contributed by atoms with van der Waals surface area (Å²) in [5.74, 6) is 0. The molecule has 1 aliphatic carbocycles. The Bertz CT molecular complexity index is 200. The minimum atomic E-state index is 0.136. The molecule has 1 fully saturated rings. The van der Waals surface area contributed by atoms with Crippen molar-refractivity contribution >= 4 is 0 Å². The summed E-state index contributed by atoms with van der Waals surface area (Å²) >= 11 is 0. The van der Waals surface area contributed by atoms with E-state index in [2.05, 4.69) is 34.6 Å². The third kappa shape index (κ3) is 3.61. The number of nitrogens with two attached hydrogens (primary N) is 1. The molecule has 0 heterocycles. The van der Waals surface area contributed by atoms with E-state index < -0.39 is 0 Å². The van der Waals surface area contributed by atoms with Gasteiger partial charge in [-0.05, 0) is 42.9 Å². The minimum Gasteiger partial charge on any atom is -0.325 e. The van der Waals surface area contributed by atoms with Crippen LogP contribution in [0.15, 0.2) is 0 Å². The maximum absolute atomic E-state index is 6.44. The molecule has 1 unspecified atom stereocenters. The van der Waals surface area contributed by atoms with Crippen LogP contribution in [0.25, 0.3) is 0 Å². The summed E-state index contributed by atoms with van der Waals surface area (Å²) in [4.78, 5) is 0. The lowest BCUT2D eigenvalue weighted by molar-refractivity contribution is 0.271. The predicted molar refractivity (Wildman–Crippen MR) is 63.2 cm³/mol. The molecule has 1 saturated carbocycles. The molecule has 0 spiro atoms. The highest BCUT2D eigenvalue weighted by atomic mass is 14.8. The standard InChI is InChI=1S/C13H27N/c1-11(2,3)6-8-13(14)9-7-12(4,5)10-13/h6-10,14H2,1-5H3. The highest BCUT2D eigenvalue weighted by molar-refractivity contribution is 4.97. The first-order valence-corrected chi connectivity index (χ1v) is 5.91. The molecule has 1 heteroatoms. The molecule has 0 aromatic carbocycles. The SMILES string of the molecule is CC(C)(C)CCC1(N)CCC(C)(C)C1. The third-order valence-corrected chi connectivity index (χ3v) is 3.50. The van der Waals surface area contributed by atoms with Crippen LogP contribution in [-0.2, 0) is 0 Å². The normalized spacial score (nSPS) is 32.1. The number of hydrogen-bond donors (Lipinski definition) is 1. The summed E-state index contributed by atoms with van der Waals surface area (Å²) in [5.41, 5.74) is 7.49. The van der Waals surface area contributed by atoms with Gasteiger partial charge < -0.3 is 5.73 Å². The second-order valence-electron chi connectivity index (χ2n) is 7.26. The average Bonchev–Trinajstić information content (AvgIpc) is 2.22. The molecule has 0 saturated heterocycles. The fourth-order valence-electron chi connectivity index (χ4n) is 2.55. The van der Waals surface area contributed by atoms with Gasteiger partial charge >= 0.3 is 0 Å². The van der Waals surface area contributed by atoms with Gasteiger partial charge in [0.1, 0.15) is 0 Å². The molecule has 2 N–H and O–H groups in total. The van der Waals surface area contributed by atoms with Gasteiger partial charge in [0.25, 0.3) is 0 Å². The maximum Gasteiger partial charge on any atom is 0.0159 e. The van der Waals surface area contributed by atoms with Crippen LogP contribution in [0.1, 0.15) is 66.7 Å². The van der Waals surface area contributed by atoms with E-state index in [1.807, 2.05) is 0 Å². The quantitative estimate of drug-likeness (QED) is 0.717. The van der Waals surface area contributed by atoms with Crippen LogP contribution in [0.2, 0.25) is 0 Å². The smallest absolute Gasteiger partial charge is 0.0159 e. The van der Waals surface area contributed by atoms with Crippen molar-refractivity contribution < 1.29 is 0 Å². The first-order valence-electron chi connectivity index (χ1n) is 5.91. The van der Waals surface area contributed by atoms with Crippen molar-refractivity contribution in [2.24, 2.45) is 16.6 Å². The van der Waals surface area contributed by atoms with Gasteiger partial charge in [-0.2, -0.15) is 0 Å². The molecule has 14 heavy (non-hydrogen) atoms. The van der Waals surface area contributed by atoms with Gasteiger partial charge in [0.05, 0.1) is 0 Å². The molecular weight excluding hydrogens is 170 g/mol. The maximum atomic E-state index is 6.44. The van der Waals surface area contributed by atoms with E-state index in [1.54, 1.807) is 0 Å². The molecule has 1 rings (SSSR count). The van der Waals surface area contributed by atoms with E-state index in [-0.39, 0.29) is 5.54 Å². The molecule has 0 aliphatic heterocycles. The monoisotopic (exact) mass is 197 g/mol. The van der Waals surface area contributed by atoms with Crippen LogP contribution >= 0.6 is 0 Å². The molecule has 0 bridgehead atoms. The number of rotatable bonds is 2. The van der Waals surface area contributed by atoms with Crippen molar-refractivity contribution in [3.05, 3.63) is 0 Å². The molecule has 0 radical (unpaired) electrons. The van der Waals surface area contributed by atoms with E-state index in [4.69, 9.17) is 5.73 Å². The van der Waals surface area contributed by atoms with Crippen LogP contribution in [0, 0.1) is 10.8 Å². The zero-order valence-electron chi connectivity index (χ0n) is 10.6. The van der Waals surface area contributed by atoms with Crippen LogP contribution < -0.4 is 5.73 Å². The Kier molecular flexibility index (Phi) is 3.02. The van der Waals surface area contributed by atoms with E-state index in [9.17, 15) is 0 Å². The summed E-state index contributed by atoms with van der Waals surface area (Å²) < 4.78 is 0. The molecule has 1 nitrogen and oxygen atoms in total. The summed E-state index contributed by atoms with van der Waals surface area (Å²) in [7, 11) is 0. The Morgan fingerprint density at radius 3 is 2.07 bits per heavy atom. The van der Waals surface area contributed by atoms with Crippen molar-refractivity contribution in [2.75, 3.05) is 0 Å². The fraction of sp³-hybridized carbons (Fsp3) is 1.00. The van der Waals surface area contributed by atoms with Gasteiger partial charge in [-0.15, -0.1) is 0 Å². The lowest BCUT2D eigenvalue weighted by atomic mass is 9.80. The fourth-order valence-corrected chi connectivity index (χ4v) is 2.55. The van der Waals surface area contributed by atoms with Gasteiger partial charge in [0, 0.05) is 5.54 Å². The van der Waals surface area contributed by atoms with Crippen LogP contribution in [0.3, 0.4) is 0 Å². The summed E-state index contributed by atoms with van der Waals surface area (Å²) in [5, 5.41) is 0. The average molecular weight is 197 g/mol. The number of hydrogen-bond acceptors (Lipinski definition) is 1. The van der Waals surface area contributed by atoms with Gasteiger partial charge in [-0.3, -0.25) is 0 Å². The Balaban J connectivity index is 2.45. The molecule has 0 aromatic rings. The van der Waals surface area contributed by atoms with Gasteiger partial charge in [0.15, 0.2) is 0 Å². The third-order valence-electron chi connectivity index (χ3n) is 3.50. The first-order chi connectivity index (χ1) is 6.12. The summed E-state index contributed by atoms with van der Waals surface area (Å²) in [6.07, 6.45) is 6.17. The second kappa shape index (κ2) is 3.52. The van der Waals surface area contributed by atoms with Crippen LogP contribution in [0.5, 0.6) is 0 Å². The first kappa shape index (κ1) is 12.0.